The molecule has 5 heteroatoms. The molecule has 2 atom stereocenters. The van der Waals surface area contributed by atoms with E-state index in [9.17, 15) is 19.8 Å². The van der Waals surface area contributed by atoms with Crippen LogP contribution in [-0.2, 0) is 9.59 Å². The largest absolute Gasteiger partial charge is 0.481 e. The molecule has 0 heterocycles. The highest BCUT2D eigenvalue weighted by Crippen LogP contribution is 2.13. The van der Waals surface area contributed by atoms with Crippen molar-refractivity contribution in [3.05, 3.63) is 0 Å². The van der Waals surface area contributed by atoms with E-state index in [-0.39, 0.29) is 12.2 Å². The summed E-state index contributed by atoms with van der Waals surface area (Å²) in [6, 6.07) is 0. The Bertz CT molecular complexity index is 317. The molecule has 0 unspecified atom stereocenters. The molecule has 23 heavy (non-hydrogen) atoms. The Hall–Kier alpha value is -0.940. The maximum absolute atomic E-state index is 11.8. The first-order chi connectivity index (χ1) is 11.0. The number of carbonyl (C=O) groups is 2. The van der Waals surface area contributed by atoms with E-state index in [1.165, 1.54) is 0 Å². The van der Waals surface area contributed by atoms with Crippen LogP contribution in [0, 0.1) is 0 Å². The van der Waals surface area contributed by atoms with Crippen LogP contribution in [0.15, 0.2) is 0 Å². The summed E-state index contributed by atoms with van der Waals surface area (Å²) >= 11 is 0. The Morgan fingerprint density at radius 1 is 0.783 bits per heavy atom. The summed E-state index contributed by atoms with van der Waals surface area (Å²) in [5.74, 6) is -0.997. The lowest BCUT2D eigenvalue weighted by molar-refractivity contribution is -0.137. The molecule has 0 rings (SSSR count). The molecular formula is C18H34O5. The minimum absolute atomic E-state index is 0.227. The van der Waals surface area contributed by atoms with E-state index in [1.54, 1.807) is 0 Å². The molecule has 0 aromatic carbocycles. The van der Waals surface area contributed by atoms with Crippen molar-refractivity contribution in [3.8, 4) is 0 Å². The van der Waals surface area contributed by atoms with Crippen molar-refractivity contribution >= 4 is 11.8 Å². The van der Waals surface area contributed by atoms with E-state index in [2.05, 4.69) is 6.92 Å². The molecule has 0 aromatic heterocycles. The first-order valence-corrected chi connectivity index (χ1v) is 9.09. The third-order valence-corrected chi connectivity index (χ3v) is 4.11. The molecule has 0 amide bonds. The van der Waals surface area contributed by atoms with Gasteiger partial charge in [0.15, 0.2) is 5.78 Å². The van der Waals surface area contributed by atoms with E-state index >= 15 is 0 Å². The van der Waals surface area contributed by atoms with Crippen molar-refractivity contribution in [2.24, 2.45) is 0 Å². The van der Waals surface area contributed by atoms with Gasteiger partial charge in [-0.05, 0) is 19.3 Å². The summed E-state index contributed by atoms with van der Waals surface area (Å²) in [6.07, 6.45) is 8.11. The molecule has 0 spiro atoms. The molecule has 0 aliphatic heterocycles. The fourth-order valence-electron chi connectivity index (χ4n) is 2.58. The minimum Gasteiger partial charge on any atom is -0.481 e. The lowest BCUT2D eigenvalue weighted by Gasteiger charge is -2.16. The highest BCUT2D eigenvalue weighted by molar-refractivity contribution is 5.83. The molecule has 0 bridgehead atoms. The molecule has 0 aromatic rings. The second-order valence-corrected chi connectivity index (χ2v) is 6.34. The number of hydrogen-bond donors (Lipinski definition) is 3. The van der Waals surface area contributed by atoms with Gasteiger partial charge in [-0.15, -0.1) is 0 Å². The number of carboxylic acids is 1. The average Bonchev–Trinajstić information content (AvgIpc) is 2.52. The number of ketones is 1. The zero-order valence-corrected chi connectivity index (χ0v) is 14.5. The standard InChI is InChI=1S/C18H34O5/c1-2-3-4-9-12-15(19)18(23)16(20)13-10-7-5-6-8-11-14-17(21)22/h16,18,20,23H,2-14H2,1H3,(H,21,22)/t16-,18-/m1/s1. The first-order valence-electron chi connectivity index (χ1n) is 9.09. The summed E-state index contributed by atoms with van der Waals surface area (Å²) in [7, 11) is 0. The average molecular weight is 330 g/mol. The smallest absolute Gasteiger partial charge is 0.303 e. The number of hydrogen-bond acceptors (Lipinski definition) is 4. The number of carbonyl (C=O) groups excluding carboxylic acids is 1. The van der Waals surface area contributed by atoms with Gasteiger partial charge in [0.25, 0.3) is 0 Å². The fraction of sp³-hybridized carbons (Fsp3) is 0.889. The second kappa shape index (κ2) is 14.6. The van der Waals surface area contributed by atoms with Crippen LogP contribution < -0.4 is 0 Å². The predicted molar refractivity (Wildman–Crippen MR) is 90.4 cm³/mol. The van der Waals surface area contributed by atoms with Crippen molar-refractivity contribution in [1.82, 2.24) is 0 Å². The maximum atomic E-state index is 11.8. The number of aliphatic carboxylic acids is 1. The van der Waals surface area contributed by atoms with Crippen LogP contribution in [0.2, 0.25) is 0 Å². The Kier molecular flexibility index (Phi) is 14.0. The molecule has 0 radical (unpaired) electrons. The van der Waals surface area contributed by atoms with Gasteiger partial charge in [-0.2, -0.15) is 0 Å². The Balaban J connectivity index is 3.58. The summed E-state index contributed by atoms with van der Waals surface area (Å²) in [5, 5.41) is 28.2. The van der Waals surface area contributed by atoms with Crippen molar-refractivity contribution in [2.75, 3.05) is 0 Å². The molecule has 0 aliphatic carbocycles. The van der Waals surface area contributed by atoms with E-state index in [1.807, 2.05) is 0 Å². The molecule has 0 aliphatic rings. The quantitative estimate of drug-likeness (QED) is 0.377. The van der Waals surface area contributed by atoms with Gasteiger partial charge in [0, 0.05) is 12.8 Å². The Labute approximate surface area is 140 Å². The highest BCUT2D eigenvalue weighted by atomic mass is 16.4. The predicted octanol–water partition coefficient (Wildman–Crippen LogP) is 3.45. The van der Waals surface area contributed by atoms with Gasteiger partial charge >= 0.3 is 5.97 Å². The Morgan fingerprint density at radius 3 is 1.91 bits per heavy atom. The molecule has 0 saturated heterocycles. The van der Waals surface area contributed by atoms with Gasteiger partial charge < -0.3 is 15.3 Å². The third kappa shape index (κ3) is 13.2. The van der Waals surface area contributed by atoms with Gasteiger partial charge in [0.1, 0.15) is 6.10 Å². The van der Waals surface area contributed by atoms with Crippen LogP contribution in [0.4, 0.5) is 0 Å². The topological polar surface area (TPSA) is 94.8 Å². The Morgan fingerprint density at radius 2 is 1.30 bits per heavy atom. The zero-order chi connectivity index (χ0) is 17.5. The van der Waals surface area contributed by atoms with Gasteiger partial charge in [-0.25, -0.2) is 0 Å². The number of aliphatic hydroxyl groups is 2. The van der Waals surface area contributed by atoms with Gasteiger partial charge in [-0.3, -0.25) is 9.59 Å². The van der Waals surface area contributed by atoms with E-state index in [4.69, 9.17) is 5.11 Å². The molecule has 136 valence electrons. The maximum Gasteiger partial charge on any atom is 0.303 e. The molecule has 3 N–H and O–H groups in total. The third-order valence-electron chi connectivity index (χ3n) is 4.11. The van der Waals surface area contributed by atoms with Crippen LogP contribution in [0.5, 0.6) is 0 Å². The van der Waals surface area contributed by atoms with E-state index in [0.29, 0.717) is 19.3 Å². The van der Waals surface area contributed by atoms with Gasteiger partial charge in [0.2, 0.25) is 0 Å². The van der Waals surface area contributed by atoms with E-state index in [0.717, 1.165) is 57.8 Å². The van der Waals surface area contributed by atoms with Crippen molar-refractivity contribution in [3.63, 3.8) is 0 Å². The van der Waals surface area contributed by atoms with Crippen LogP contribution in [0.3, 0.4) is 0 Å². The summed E-state index contributed by atoms with van der Waals surface area (Å²) in [5.41, 5.74) is 0. The normalized spacial score (nSPS) is 13.7. The number of Topliss-reactive ketones (excluding diaryl/α,β-unsaturated/α-hetero) is 1. The lowest BCUT2D eigenvalue weighted by Crippen LogP contribution is -2.33. The molecular weight excluding hydrogens is 296 g/mol. The first kappa shape index (κ1) is 22.1. The molecule has 5 nitrogen and oxygen atoms in total. The SMILES string of the molecule is CCCCCCC(=O)[C@@H](O)[C@H](O)CCCCCCCCC(=O)O. The number of carboxylic acid groups (broad SMARTS) is 1. The van der Waals surface area contributed by atoms with Crippen molar-refractivity contribution in [1.29, 1.82) is 0 Å². The highest BCUT2D eigenvalue weighted by Gasteiger charge is 2.22. The van der Waals surface area contributed by atoms with Gasteiger partial charge in [-0.1, -0.05) is 58.3 Å². The van der Waals surface area contributed by atoms with Crippen LogP contribution in [-0.4, -0.2) is 39.3 Å². The van der Waals surface area contributed by atoms with Gasteiger partial charge in [0.05, 0.1) is 6.10 Å². The fourth-order valence-corrected chi connectivity index (χ4v) is 2.58. The monoisotopic (exact) mass is 330 g/mol. The van der Waals surface area contributed by atoms with Crippen LogP contribution in [0.25, 0.3) is 0 Å². The summed E-state index contributed by atoms with van der Waals surface area (Å²) in [6.45, 7) is 2.10. The van der Waals surface area contributed by atoms with Crippen LogP contribution in [0.1, 0.15) is 90.4 Å². The van der Waals surface area contributed by atoms with E-state index < -0.39 is 18.2 Å². The van der Waals surface area contributed by atoms with Crippen molar-refractivity contribution < 1.29 is 24.9 Å². The lowest BCUT2D eigenvalue weighted by atomic mass is 9.99. The number of aliphatic hydroxyl groups excluding tert-OH is 2. The molecule has 0 saturated carbocycles. The summed E-state index contributed by atoms with van der Waals surface area (Å²) < 4.78 is 0. The zero-order valence-electron chi connectivity index (χ0n) is 14.5. The molecule has 0 fully saturated rings. The van der Waals surface area contributed by atoms with Crippen LogP contribution >= 0.6 is 0 Å². The minimum atomic E-state index is -1.24. The summed E-state index contributed by atoms with van der Waals surface area (Å²) in [4.78, 5) is 22.1. The number of unbranched alkanes of at least 4 members (excludes halogenated alkanes) is 8. The second-order valence-electron chi connectivity index (χ2n) is 6.34. The van der Waals surface area contributed by atoms with Crippen molar-refractivity contribution in [2.45, 2.75) is 103 Å². The number of rotatable bonds is 16.